The zero-order valence-electron chi connectivity index (χ0n) is 12.0. The van der Waals surface area contributed by atoms with Crippen LogP contribution >= 0.6 is 0 Å². The highest BCUT2D eigenvalue weighted by molar-refractivity contribution is 5.79. The third kappa shape index (κ3) is 2.69. The van der Waals surface area contributed by atoms with E-state index < -0.39 is 0 Å². The maximum atomic E-state index is 12.2. The van der Waals surface area contributed by atoms with Gasteiger partial charge in [-0.1, -0.05) is 0 Å². The molecule has 1 aliphatic carbocycles. The van der Waals surface area contributed by atoms with Crippen molar-refractivity contribution in [1.82, 2.24) is 15.5 Å². The molecule has 2 N–H and O–H groups in total. The molecule has 2 rings (SSSR count). The van der Waals surface area contributed by atoms with E-state index in [0.29, 0.717) is 6.04 Å². The second-order valence-corrected chi connectivity index (χ2v) is 6.18. The number of hydrogen-bond donors (Lipinski definition) is 2. The minimum absolute atomic E-state index is 0.151. The lowest BCUT2D eigenvalue weighted by Gasteiger charge is -2.47. The molecule has 1 amide bonds. The van der Waals surface area contributed by atoms with Crippen LogP contribution in [0.2, 0.25) is 0 Å². The van der Waals surface area contributed by atoms with Crippen molar-refractivity contribution in [2.75, 3.05) is 27.2 Å². The summed E-state index contributed by atoms with van der Waals surface area (Å²) in [7, 11) is 4.24. The van der Waals surface area contributed by atoms with Gasteiger partial charge in [-0.05, 0) is 59.7 Å². The van der Waals surface area contributed by atoms with Gasteiger partial charge in [0.25, 0.3) is 0 Å². The Balaban J connectivity index is 1.84. The normalized spacial score (nSPS) is 30.9. The number of hydrogen-bond acceptors (Lipinski definition) is 3. The summed E-state index contributed by atoms with van der Waals surface area (Å²) in [6, 6.07) is 0.315. The van der Waals surface area contributed by atoms with Crippen molar-refractivity contribution in [3.63, 3.8) is 0 Å². The Morgan fingerprint density at radius 3 is 2.61 bits per heavy atom. The highest BCUT2D eigenvalue weighted by Crippen LogP contribution is 2.35. The molecule has 18 heavy (non-hydrogen) atoms. The van der Waals surface area contributed by atoms with Crippen LogP contribution in [0.3, 0.4) is 0 Å². The lowest BCUT2D eigenvalue weighted by atomic mass is 9.75. The van der Waals surface area contributed by atoms with Crippen molar-refractivity contribution in [1.29, 1.82) is 0 Å². The van der Waals surface area contributed by atoms with Crippen LogP contribution in [-0.2, 0) is 4.79 Å². The molecule has 2 unspecified atom stereocenters. The van der Waals surface area contributed by atoms with E-state index in [2.05, 4.69) is 36.6 Å². The van der Waals surface area contributed by atoms with Crippen LogP contribution in [0, 0.1) is 5.92 Å². The highest BCUT2D eigenvalue weighted by atomic mass is 16.1. The number of carbonyl (C=O) groups excluding carboxylic acids is 1. The molecular formula is C14H27N3O. The van der Waals surface area contributed by atoms with Crippen molar-refractivity contribution < 1.29 is 4.79 Å². The van der Waals surface area contributed by atoms with E-state index in [4.69, 9.17) is 0 Å². The van der Waals surface area contributed by atoms with Crippen molar-refractivity contribution in [2.24, 2.45) is 5.92 Å². The van der Waals surface area contributed by atoms with Gasteiger partial charge in [0.1, 0.15) is 0 Å². The van der Waals surface area contributed by atoms with Gasteiger partial charge < -0.3 is 15.5 Å². The van der Waals surface area contributed by atoms with Crippen LogP contribution in [0.1, 0.15) is 39.0 Å². The van der Waals surface area contributed by atoms with E-state index in [1.807, 2.05) is 0 Å². The Kier molecular flexibility index (Phi) is 4.28. The monoisotopic (exact) mass is 253 g/mol. The van der Waals surface area contributed by atoms with Gasteiger partial charge in [-0.15, -0.1) is 0 Å². The Labute approximate surface area is 110 Å². The molecule has 4 nitrogen and oxygen atoms in total. The van der Waals surface area contributed by atoms with E-state index in [0.717, 1.165) is 25.9 Å². The minimum Gasteiger partial charge on any atom is -0.354 e. The maximum absolute atomic E-state index is 12.2. The van der Waals surface area contributed by atoms with Gasteiger partial charge in [0.2, 0.25) is 5.91 Å². The highest BCUT2D eigenvalue weighted by Gasteiger charge is 2.39. The van der Waals surface area contributed by atoms with Gasteiger partial charge in [0, 0.05) is 18.1 Å². The zero-order valence-corrected chi connectivity index (χ0v) is 12.0. The second kappa shape index (κ2) is 5.57. The SMILES string of the molecule is CC1NCCCC1C(=O)NCC1(N(C)C)CCC1. The van der Waals surface area contributed by atoms with Gasteiger partial charge in [-0.25, -0.2) is 0 Å². The first-order valence-corrected chi connectivity index (χ1v) is 7.24. The molecular weight excluding hydrogens is 226 g/mol. The smallest absolute Gasteiger partial charge is 0.224 e. The van der Waals surface area contributed by atoms with E-state index in [1.54, 1.807) is 0 Å². The number of likely N-dealkylation sites (N-methyl/N-ethyl adjacent to an activating group) is 1. The van der Waals surface area contributed by atoms with Gasteiger partial charge in [0.15, 0.2) is 0 Å². The minimum atomic E-state index is 0.151. The molecule has 0 spiro atoms. The standard InChI is InChI=1S/C14H27N3O/c1-11-12(6-4-9-15-11)13(18)16-10-14(17(2)3)7-5-8-14/h11-12,15H,4-10H2,1-3H3,(H,16,18). The molecule has 1 heterocycles. The summed E-state index contributed by atoms with van der Waals surface area (Å²) in [6.45, 7) is 3.98. The van der Waals surface area contributed by atoms with Crippen LogP contribution in [-0.4, -0.2) is 49.6 Å². The van der Waals surface area contributed by atoms with E-state index in [-0.39, 0.29) is 17.4 Å². The summed E-state index contributed by atoms with van der Waals surface area (Å²) >= 11 is 0. The Morgan fingerprint density at radius 2 is 2.11 bits per heavy atom. The molecule has 0 aromatic heterocycles. The molecule has 0 radical (unpaired) electrons. The largest absolute Gasteiger partial charge is 0.354 e. The average Bonchev–Trinajstić information content (AvgIpc) is 2.27. The predicted octanol–water partition coefficient (Wildman–Crippen LogP) is 0.975. The molecule has 4 heteroatoms. The average molecular weight is 253 g/mol. The molecule has 0 bridgehead atoms. The first-order valence-electron chi connectivity index (χ1n) is 7.24. The molecule has 0 aromatic carbocycles. The zero-order chi connectivity index (χ0) is 13.2. The molecule has 1 saturated carbocycles. The molecule has 2 fully saturated rings. The summed E-state index contributed by atoms with van der Waals surface area (Å²) < 4.78 is 0. The number of rotatable bonds is 4. The van der Waals surface area contributed by atoms with Crippen molar-refractivity contribution in [2.45, 2.75) is 50.6 Å². The first kappa shape index (κ1) is 13.8. The van der Waals surface area contributed by atoms with E-state index >= 15 is 0 Å². The molecule has 1 aliphatic heterocycles. The van der Waals surface area contributed by atoms with Crippen LogP contribution in [0.15, 0.2) is 0 Å². The molecule has 104 valence electrons. The number of piperidine rings is 1. The second-order valence-electron chi connectivity index (χ2n) is 6.18. The predicted molar refractivity (Wildman–Crippen MR) is 73.5 cm³/mol. The summed E-state index contributed by atoms with van der Waals surface area (Å²) in [6.07, 6.45) is 5.84. The number of amides is 1. The van der Waals surface area contributed by atoms with Crippen LogP contribution in [0.5, 0.6) is 0 Å². The maximum Gasteiger partial charge on any atom is 0.224 e. The first-order chi connectivity index (χ1) is 8.55. The fourth-order valence-electron chi connectivity index (χ4n) is 3.15. The molecule has 0 aromatic rings. The van der Waals surface area contributed by atoms with E-state index in [1.165, 1.54) is 19.3 Å². The van der Waals surface area contributed by atoms with Gasteiger partial charge >= 0.3 is 0 Å². The van der Waals surface area contributed by atoms with Crippen LogP contribution < -0.4 is 10.6 Å². The van der Waals surface area contributed by atoms with Crippen molar-refractivity contribution in [3.8, 4) is 0 Å². The van der Waals surface area contributed by atoms with Gasteiger partial charge in [-0.3, -0.25) is 4.79 Å². The van der Waals surface area contributed by atoms with Crippen molar-refractivity contribution in [3.05, 3.63) is 0 Å². The summed E-state index contributed by atoms with van der Waals surface area (Å²) in [4.78, 5) is 14.5. The molecule has 2 atom stereocenters. The fourth-order valence-corrected chi connectivity index (χ4v) is 3.15. The Morgan fingerprint density at radius 1 is 1.39 bits per heavy atom. The van der Waals surface area contributed by atoms with Gasteiger partial charge in [0.05, 0.1) is 5.92 Å². The third-order valence-corrected chi connectivity index (χ3v) is 4.92. The van der Waals surface area contributed by atoms with E-state index in [9.17, 15) is 4.79 Å². The van der Waals surface area contributed by atoms with Gasteiger partial charge in [-0.2, -0.15) is 0 Å². The third-order valence-electron chi connectivity index (χ3n) is 4.92. The fraction of sp³-hybridized carbons (Fsp3) is 0.929. The quantitative estimate of drug-likeness (QED) is 0.785. The lowest BCUT2D eigenvalue weighted by Crippen LogP contribution is -2.58. The number of carbonyl (C=O) groups is 1. The lowest BCUT2D eigenvalue weighted by molar-refractivity contribution is -0.127. The van der Waals surface area contributed by atoms with Crippen LogP contribution in [0.25, 0.3) is 0 Å². The summed E-state index contributed by atoms with van der Waals surface area (Å²) in [5.41, 5.74) is 0.223. The molecule has 2 aliphatic rings. The number of nitrogens with zero attached hydrogens (tertiary/aromatic N) is 1. The summed E-state index contributed by atoms with van der Waals surface area (Å²) in [5.74, 6) is 0.390. The number of nitrogens with one attached hydrogen (secondary N) is 2. The Bertz CT molecular complexity index is 299. The topological polar surface area (TPSA) is 44.4 Å². The van der Waals surface area contributed by atoms with Crippen LogP contribution in [0.4, 0.5) is 0 Å². The van der Waals surface area contributed by atoms with Crippen molar-refractivity contribution >= 4 is 5.91 Å². The Hall–Kier alpha value is -0.610. The summed E-state index contributed by atoms with van der Waals surface area (Å²) in [5, 5.41) is 6.58. The molecule has 1 saturated heterocycles.